The predicted molar refractivity (Wildman–Crippen MR) is 101 cm³/mol. The first-order chi connectivity index (χ1) is 12.3. The highest BCUT2D eigenvalue weighted by atomic mass is 16.5. The van der Waals surface area contributed by atoms with Crippen molar-refractivity contribution in [2.24, 2.45) is 0 Å². The van der Waals surface area contributed by atoms with Crippen molar-refractivity contribution in [2.75, 3.05) is 39.5 Å². The topological polar surface area (TPSA) is 40.6 Å². The normalized spacial score (nSPS) is 18.9. The number of pyridine rings is 1. The minimum atomic E-state index is 0.676. The monoisotopic (exact) mass is 340 g/mol. The summed E-state index contributed by atoms with van der Waals surface area (Å²) >= 11 is 0. The molecule has 2 aliphatic rings. The second-order valence-electron chi connectivity index (χ2n) is 7.13. The fraction of sp³-hybridized carbons (Fsp3) is 0.550. The van der Waals surface area contributed by atoms with Crippen LogP contribution in [0.3, 0.4) is 0 Å². The third kappa shape index (κ3) is 3.64. The molecule has 0 amide bonds. The molecule has 5 heteroatoms. The molecule has 25 heavy (non-hydrogen) atoms. The number of piperazine rings is 1. The lowest BCUT2D eigenvalue weighted by Gasteiger charge is -2.31. The second kappa shape index (κ2) is 7.68. The summed E-state index contributed by atoms with van der Waals surface area (Å²) in [6.07, 6.45) is 4.32. The van der Waals surface area contributed by atoms with Crippen molar-refractivity contribution < 1.29 is 4.74 Å². The highest BCUT2D eigenvalue weighted by molar-refractivity contribution is 5.89. The summed E-state index contributed by atoms with van der Waals surface area (Å²) < 4.78 is 6.13. The van der Waals surface area contributed by atoms with Gasteiger partial charge in [-0.15, -0.1) is 0 Å². The van der Waals surface area contributed by atoms with E-state index in [0.29, 0.717) is 6.73 Å². The van der Waals surface area contributed by atoms with Crippen LogP contribution < -0.4 is 10.1 Å². The van der Waals surface area contributed by atoms with E-state index in [0.717, 1.165) is 57.1 Å². The van der Waals surface area contributed by atoms with E-state index in [2.05, 4.69) is 39.2 Å². The number of nitrogens with one attached hydrogen (secondary N) is 1. The molecule has 134 valence electrons. The number of fused-ring (bicyclic) bond motifs is 3. The summed E-state index contributed by atoms with van der Waals surface area (Å²) in [5.41, 5.74) is 3.70. The quantitative estimate of drug-likeness (QED) is 0.906. The van der Waals surface area contributed by atoms with Crippen molar-refractivity contribution in [1.29, 1.82) is 0 Å². The van der Waals surface area contributed by atoms with Gasteiger partial charge in [-0.2, -0.15) is 0 Å². The van der Waals surface area contributed by atoms with Crippen molar-refractivity contribution in [3.05, 3.63) is 35.5 Å². The van der Waals surface area contributed by atoms with Crippen LogP contribution >= 0.6 is 0 Å². The molecule has 2 aromatic rings. The highest BCUT2D eigenvalue weighted by Gasteiger charge is 2.22. The lowest BCUT2D eigenvalue weighted by atomic mass is 10.0. The Kier molecular flexibility index (Phi) is 5.15. The van der Waals surface area contributed by atoms with E-state index in [4.69, 9.17) is 4.74 Å². The molecule has 3 heterocycles. The number of hydrogen-bond acceptors (Lipinski definition) is 5. The van der Waals surface area contributed by atoms with Crippen molar-refractivity contribution in [3.8, 4) is 5.75 Å². The van der Waals surface area contributed by atoms with Gasteiger partial charge in [0, 0.05) is 63.0 Å². The molecule has 1 aromatic heterocycles. The van der Waals surface area contributed by atoms with Gasteiger partial charge in [-0.3, -0.25) is 14.8 Å². The largest absolute Gasteiger partial charge is 0.475 e. The Hall–Kier alpha value is -1.69. The number of benzene rings is 1. The van der Waals surface area contributed by atoms with Crippen LogP contribution in [0.15, 0.2) is 24.4 Å². The van der Waals surface area contributed by atoms with Crippen LogP contribution in [0.25, 0.3) is 10.9 Å². The van der Waals surface area contributed by atoms with E-state index in [1.54, 1.807) is 0 Å². The van der Waals surface area contributed by atoms with E-state index in [-0.39, 0.29) is 0 Å². The number of rotatable bonds is 5. The predicted octanol–water partition coefficient (Wildman–Crippen LogP) is 2.59. The first kappa shape index (κ1) is 16.8. The minimum Gasteiger partial charge on any atom is -0.475 e. The Morgan fingerprint density at radius 1 is 1.24 bits per heavy atom. The first-order valence-electron chi connectivity index (χ1n) is 9.53. The molecular formula is C20H28N4O. The molecule has 4 rings (SSSR count). The number of unbranched alkanes of at least 4 members (excludes halogenated alkanes) is 1. The molecule has 0 radical (unpaired) electrons. The fourth-order valence-electron chi connectivity index (χ4n) is 3.84. The number of aromatic nitrogens is 1. The lowest BCUT2D eigenvalue weighted by molar-refractivity contribution is 0.0954. The Labute approximate surface area is 150 Å². The third-order valence-electron chi connectivity index (χ3n) is 5.23. The van der Waals surface area contributed by atoms with E-state index in [1.165, 1.54) is 29.4 Å². The fourth-order valence-corrected chi connectivity index (χ4v) is 3.84. The molecule has 0 unspecified atom stereocenters. The van der Waals surface area contributed by atoms with E-state index >= 15 is 0 Å². The zero-order valence-electron chi connectivity index (χ0n) is 15.1. The molecule has 0 bridgehead atoms. The van der Waals surface area contributed by atoms with Crippen LogP contribution in [0, 0.1) is 0 Å². The summed E-state index contributed by atoms with van der Waals surface area (Å²) in [5, 5.41) is 4.67. The van der Waals surface area contributed by atoms with Crippen LogP contribution in [0.1, 0.15) is 30.9 Å². The number of hydrogen-bond donors (Lipinski definition) is 1. The van der Waals surface area contributed by atoms with Crippen molar-refractivity contribution in [2.45, 2.75) is 32.9 Å². The van der Waals surface area contributed by atoms with Crippen LogP contribution in [0.2, 0.25) is 0 Å². The average Bonchev–Trinajstić information content (AvgIpc) is 2.67. The van der Waals surface area contributed by atoms with Crippen molar-refractivity contribution in [1.82, 2.24) is 20.1 Å². The third-order valence-corrected chi connectivity index (χ3v) is 5.23. The van der Waals surface area contributed by atoms with Gasteiger partial charge in [0.2, 0.25) is 0 Å². The number of ether oxygens (including phenoxy) is 1. The second-order valence-corrected chi connectivity index (χ2v) is 7.13. The molecule has 1 fully saturated rings. The highest BCUT2D eigenvalue weighted by Crippen LogP contribution is 2.35. The molecular weight excluding hydrogens is 312 g/mol. The summed E-state index contributed by atoms with van der Waals surface area (Å²) in [6.45, 7) is 10.4. The summed E-state index contributed by atoms with van der Waals surface area (Å²) in [7, 11) is 0. The Morgan fingerprint density at radius 2 is 2.12 bits per heavy atom. The van der Waals surface area contributed by atoms with Crippen LogP contribution in [0.4, 0.5) is 0 Å². The Morgan fingerprint density at radius 3 is 2.96 bits per heavy atom. The van der Waals surface area contributed by atoms with Crippen molar-refractivity contribution >= 4 is 10.9 Å². The van der Waals surface area contributed by atoms with E-state index in [1.807, 2.05) is 12.3 Å². The molecule has 1 N–H and O–H groups in total. The molecule has 0 atom stereocenters. The maximum absolute atomic E-state index is 6.13. The smallest absolute Gasteiger partial charge is 0.152 e. The van der Waals surface area contributed by atoms with Gasteiger partial charge >= 0.3 is 0 Å². The molecule has 0 saturated carbocycles. The summed E-state index contributed by atoms with van der Waals surface area (Å²) in [5.74, 6) is 0.993. The van der Waals surface area contributed by atoms with Gasteiger partial charge in [0.15, 0.2) is 5.75 Å². The first-order valence-corrected chi connectivity index (χ1v) is 9.53. The van der Waals surface area contributed by atoms with Gasteiger partial charge in [-0.1, -0.05) is 19.4 Å². The SMILES string of the molecule is CCCCN1COc2c(cc(CN3CCNCC3)c3cccnc23)C1. The summed E-state index contributed by atoms with van der Waals surface area (Å²) in [4.78, 5) is 9.59. The van der Waals surface area contributed by atoms with Crippen LogP contribution in [-0.2, 0) is 13.1 Å². The number of nitrogens with zero attached hydrogens (tertiary/aromatic N) is 3. The zero-order chi connectivity index (χ0) is 17.1. The van der Waals surface area contributed by atoms with Gasteiger partial charge in [-0.05, 0) is 24.1 Å². The van der Waals surface area contributed by atoms with Crippen LogP contribution in [0.5, 0.6) is 5.75 Å². The lowest BCUT2D eigenvalue weighted by Crippen LogP contribution is -2.43. The Bertz CT molecular complexity index is 727. The standard InChI is InChI=1S/C20H28N4O/c1-2-3-9-24-14-17-12-16(13-23-10-7-21-8-11-23)18-5-4-6-22-19(18)20(17)25-15-24/h4-6,12,21H,2-3,7-11,13-15H2,1H3. The Balaban J connectivity index is 1.65. The molecule has 2 aliphatic heterocycles. The van der Waals surface area contributed by atoms with E-state index in [9.17, 15) is 0 Å². The van der Waals surface area contributed by atoms with Gasteiger partial charge in [-0.25, -0.2) is 0 Å². The molecule has 5 nitrogen and oxygen atoms in total. The minimum absolute atomic E-state index is 0.676. The van der Waals surface area contributed by atoms with E-state index < -0.39 is 0 Å². The zero-order valence-corrected chi connectivity index (χ0v) is 15.1. The summed E-state index contributed by atoms with van der Waals surface area (Å²) in [6, 6.07) is 6.58. The maximum Gasteiger partial charge on any atom is 0.152 e. The average molecular weight is 340 g/mol. The van der Waals surface area contributed by atoms with Gasteiger partial charge in [0.05, 0.1) is 0 Å². The maximum atomic E-state index is 6.13. The molecule has 0 spiro atoms. The van der Waals surface area contributed by atoms with Gasteiger partial charge in [0.1, 0.15) is 12.2 Å². The van der Waals surface area contributed by atoms with Gasteiger partial charge in [0.25, 0.3) is 0 Å². The van der Waals surface area contributed by atoms with Gasteiger partial charge < -0.3 is 10.1 Å². The molecule has 1 saturated heterocycles. The van der Waals surface area contributed by atoms with Crippen LogP contribution in [-0.4, -0.2) is 54.2 Å². The molecule has 1 aromatic carbocycles. The van der Waals surface area contributed by atoms with Crippen molar-refractivity contribution in [3.63, 3.8) is 0 Å². The molecule has 0 aliphatic carbocycles.